The number of hydrogen-bond acceptors (Lipinski definition) is 6. The Bertz CT molecular complexity index is 1430. The molecule has 8 heteroatoms. The Hall–Kier alpha value is -4.33. The molecule has 0 bridgehead atoms. The van der Waals surface area contributed by atoms with Gasteiger partial charge >= 0.3 is 0 Å². The molecule has 1 aromatic heterocycles. The van der Waals surface area contributed by atoms with Crippen molar-refractivity contribution in [2.24, 2.45) is 0 Å². The van der Waals surface area contributed by atoms with Crippen LogP contribution in [0.1, 0.15) is 21.7 Å². The summed E-state index contributed by atoms with van der Waals surface area (Å²) in [5, 5.41) is 3.46. The van der Waals surface area contributed by atoms with E-state index in [2.05, 4.69) is 10.3 Å². The molecule has 1 heterocycles. The van der Waals surface area contributed by atoms with Crippen molar-refractivity contribution in [3.05, 3.63) is 81.9 Å². The summed E-state index contributed by atoms with van der Waals surface area (Å²) in [6.07, 6.45) is 0. The zero-order chi connectivity index (χ0) is 24.4. The van der Waals surface area contributed by atoms with Gasteiger partial charge in [0.25, 0.3) is 11.5 Å². The smallest absolute Gasteiger partial charge is 0.265 e. The van der Waals surface area contributed by atoms with Crippen LogP contribution in [0.3, 0.4) is 0 Å². The average molecular weight is 460 g/mol. The molecule has 0 fully saturated rings. The summed E-state index contributed by atoms with van der Waals surface area (Å²) in [5.74, 6) is 1.43. The maximum absolute atomic E-state index is 13.1. The predicted molar refractivity (Wildman–Crippen MR) is 131 cm³/mol. The van der Waals surface area contributed by atoms with E-state index in [1.807, 2.05) is 31.2 Å². The van der Waals surface area contributed by atoms with E-state index in [1.165, 1.54) is 21.3 Å². The van der Waals surface area contributed by atoms with Crippen LogP contribution >= 0.6 is 0 Å². The molecule has 4 rings (SSSR count). The number of nitrogens with zero attached hydrogens (tertiary/aromatic N) is 2. The van der Waals surface area contributed by atoms with Crippen LogP contribution in [-0.4, -0.2) is 36.8 Å². The third-order valence-corrected chi connectivity index (χ3v) is 5.59. The average Bonchev–Trinajstić information content (AvgIpc) is 2.84. The van der Waals surface area contributed by atoms with Crippen LogP contribution < -0.4 is 25.1 Å². The number of carbonyl (C=O) groups is 1. The predicted octanol–water partition coefficient (Wildman–Crippen LogP) is 4.28. The van der Waals surface area contributed by atoms with Crippen LogP contribution in [0.4, 0.5) is 5.69 Å². The lowest BCUT2D eigenvalue weighted by Gasteiger charge is -2.16. The summed E-state index contributed by atoms with van der Waals surface area (Å²) in [6.45, 7) is 3.66. The molecule has 0 unspecified atom stereocenters. The number of ether oxygens (including phenoxy) is 3. The first kappa shape index (κ1) is 22.8. The van der Waals surface area contributed by atoms with E-state index >= 15 is 0 Å². The number of para-hydroxylation sites is 1. The SMILES string of the molecule is COc1cc(C(=O)Nc2ccc(-n3c(C)nc4ccccc4c3=O)cc2C)cc(OC)c1OC. The molecule has 34 heavy (non-hydrogen) atoms. The van der Waals surface area contributed by atoms with Crippen molar-refractivity contribution in [3.8, 4) is 22.9 Å². The van der Waals surface area contributed by atoms with Crippen molar-refractivity contribution in [3.63, 3.8) is 0 Å². The number of rotatable bonds is 6. The van der Waals surface area contributed by atoms with E-state index in [0.717, 1.165) is 5.56 Å². The Morgan fingerprint density at radius 3 is 2.21 bits per heavy atom. The molecule has 8 nitrogen and oxygen atoms in total. The van der Waals surface area contributed by atoms with Gasteiger partial charge in [0.15, 0.2) is 11.5 Å². The second-order valence-electron chi connectivity index (χ2n) is 7.68. The molecule has 4 aromatic rings. The number of aromatic nitrogens is 2. The Labute approximate surface area is 196 Å². The number of aryl methyl sites for hydroxylation is 2. The number of amides is 1. The Kier molecular flexibility index (Phi) is 6.23. The highest BCUT2D eigenvalue weighted by Crippen LogP contribution is 2.38. The first-order chi connectivity index (χ1) is 16.4. The quantitative estimate of drug-likeness (QED) is 0.463. The normalized spacial score (nSPS) is 10.7. The van der Waals surface area contributed by atoms with Crippen LogP contribution in [-0.2, 0) is 0 Å². The van der Waals surface area contributed by atoms with Gasteiger partial charge < -0.3 is 19.5 Å². The third-order valence-electron chi connectivity index (χ3n) is 5.59. The Balaban J connectivity index is 1.67. The standard InChI is InChI=1S/C26H25N3O5/c1-15-12-18(29-16(2)27-21-9-7-6-8-19(21)26(29)31)10-11-20(15)28-25(30)17-13-22(32-3)24(34-5)23(14-17)33-4/h6-14H,1-5H3,(H,28,30). The summed E-state index contributed by atoms with van der Waals surface area (Å²) in [4.78, 5) is 30.6. The van der Waals surface area contributed by atoms with Crippen LogP contribution in [0.15, 0.2) is 59.4 Å². The van der Waals surface area contributed by atoms with Crippen LogP contribution in [0.25, 0.3) is 16.6 Å². The molecule has 3 aromatic carbocycles. The van der Waals surface area contributed by atoms with Crippen molar-refractivity contribution in [1.82, 2.24) is 9.55 Å². The second kappa shape index (κ2) is 9.27. The van der Waals surface area contributed by atoms with Crippen molar-refractivity contribution in [1.29, 1.82) is 0 Å². The summed E-state index contributed by atoms with van der Waals surface area (Å²) in [6, 6.07) is 15.8. The van der Waals surface area contributed by atoms with E-state index < -0.39 is 0 Å². The minimum atomic E-state index is -0.337. The molecule has 0 saturated heterocycles. The molecule has 0 aliphatic rings. The van der Waals surface area contributed by atoms with Gasteiger partial charge in [-0.1, -0.05) is 12.1 Å². The third kappa shape index (κ3) is 4.05. The van der Waals surface area contributed by atoms with Gasteiger partial charge in [0, 0.05) is 11.3 Å². The van der Waals surface area contributed by atoms with Gasteiger partial charge in [0.05, 0.1) is 37.9 Å². The van der Waals surface area contributed by atoms with Crippen LogP contribution in [0.2, 0.25) is 0 Å². The highest BCUT2D eigenvalue weighted by Gasteiger charge is 2.18. The molecule has 0 radical (unpaired) electrons. The molecule has 0 saturated carbocycles. The Morgan fingerprint density at radius 1 is 0.912 bits per heavy atom. The van der Waals surface area contributed by atoms with E-state index in [0.29, 0.717) is 50.9 Å². The zero-order valence-electron chi connectivity index (χ0n) is 19.6. The van der Waals surface area contributed by atoms with E-state index in [4.69, 9.17) is 14.2 Å². The molecular weight excluding hydrogens is 434 g/mol. The molecule has 0 atom stereocenters. The highest BCUT2D eigenvalue weighted by molar-refractivity contribution is 6.05. The van der Waals surface area contributed by atoms with Crippen LogP contribution in [0.5, 0.6) is 17.2 Å². The molecule has 0 spiro atoms. The van der Waals surface area contributed by atoms with Gasteiger partial charge in [-0.2, -0.15) is 0 Å². The summed E-state index contributed by atoms with van der Waals surface area (Å²) < 4.78 is 17.6. The first-order valence-corrected chi connectivity index (χ1v) is 10.6. The lowest BCUT2D eigenvalue weighted by molar-refractivity contribution is 0.102. The maximum Gasteiger partial charge on any atom is 0.265 e. The number of anilines is 1. The fourth-order valence-electron chi connectivity index (χ4n) is 3.88. The topological polar surface area (TPSA) is 91.7 Å². The number of fused-ring (bicyclic) bond motifs is 1. The van der Waals surface area contributed by atoms with Gasteiger partial charge in [-0.15, -0.1) is 0 Å². The number of carbonyl (C=O) groups excluding carboxylic acids is 1. The van der Waals surface area contributed by atoms with E-state index in [9.17, 15) is 9.59 Å². The zero-order valence-corrected chi connectivity index (χ0v) is 19.6. The fourth-order valence-corrected chi connectivity index (χ4v) is 3.88. The lowest BCUT2D eigenvalue weighted by atomic mass is 10.1. The van der Waals surface area contributed by atoms with E-state index in [-0.39, 0.29) is 11.5 Å². The maximum atomic E-state index is 13.1. The molecule has 0 aliphatic carbocycles. The largest absolute Gasteiger partial charge is 0.493 e. The van der Waals surface area contributed by atoms with Crippen molar-refractivity contribution >= 4 is 22.5 Å². The van der Waals surface area contributed by atoms with E-state index in [1.54, 1.807) is 41.8 Å². The van der Waals surface area contributed by atoms with Gasteiger partial charge in [-0.3, -0.25) is 14.2 Å². The molecule has 0 aliphatic heterocycles. The molecular formula is C26H25N3O5. The molecule has 174 valence electrons. The monoisotopic (exact) mass is 459 g/mol. The fraction of sp³-hybridized carbons (Fsp3) is 0.192. The summed E-state index contributed by atoms with van der Waals surface area (Å²) >= 11 is 0. The van der Waals surface area contributed by atoms with Gasteiger partial charge in [0.2, 0.25) is 5.75 Å². The Morgan fingerprint density at radius 2 is 1.59 bits per heavy atom. The number of methoxy groups -OCH3 is 3. The summed E-state index contributed by atoms with van der Waals surface area (Å²) in [5.41, 5.74) is 2.94. The van der Waals surface area contributed by atoms with Gasteiger partial charge in [-0.25, -0.2) is 4.98 Å². The minimum Gasteiger partial charge on any atom is -0.493 e. The first-order valence-electron chi connectivity index (χ1n) is 10.6. The van der Waals surface area contributed by atoms with Gasteiger partial charge in [0.1, 0.15) is 5.82 Å². The van der Waals surface area contributed by atoms with Gasteiger partial charge in [-0.05, 0) is 61.9 Å². The molecule has 1 N–H and O–H groups in total. The summed E-state index contributed by atoms with van der Waals surface area (Å²) in [7, 11) is 4.49. The number of hydrogen-bond donors (Lipinski definition) is 1. The highest BCUT2D eigenvalue weighted by atomic mass is 16.5. The van der Waals surface area contributed by atoms with Crippen LogP contribution in [0, 0.1) is 13.8 Å². The van der Waals surface area contributed by atoms with Crippen molar-refractivity contribution in [2.75, 3.05) is 26.6 Å². The second-order valence-corrected chi connectivity index (χ2v) is 7.68. The van der Waals surface area contributed by atoms with Crippen molar-refractivity contribution < 1.29 is 19.0 Å². The number of benzene rings is 3. The minimum absolute atomic E-state index is 0.142. The number of nitrogens with one attached hydrogen (secondary N) is 1. The lowest BCUT2D eigenvalue weighted by Crippen LogP contribution is -2.22. The van der Waals surface area contributed by atoms with Crippen molar-refractivity contribution in [2.45, 2.75) is 13.8 Å². The molecule has 1 amide bonds.